The van der Waals surface area contributed by atoms with Crippen LogP contribution in [0.2, 0.25) is 0 Å². The first-order valence-electron chi connectivity index (χ1n) is 5.97. The summed E-state index contributed by atoms with van der Waals surface area (Å²) >= 11 is 0. The van der Waals surface area contributed by atoms with Gasteiger partial charge in [-0.05, 0) is 23.5 Å². The highest BCUT2D eigenvalue weighted by molar-refractivity contribution is 5.75. The van der Waals surface area contributed by atoms with Gasteiger partial charge < -0.3 is 10.3 Å². The van der Waals surface area contributed by atoms with E-state index in [1.165, 1.54) is 5.56 Å². The number of hydrogen-bond acceptors (Lipinski definition) is 3. The first kappa shape index (κ1) is 11.7. The Morgan fingerprint density at radius 2 is 1.88 bits per heavy atom. The van der Waals surface area contributed by atoms with Crippen molar-refractivity contribution in [3.8, 4) is 11.1 Å². The number of nitrogens with zero attached hydrogens (tertiary/aromatic N) is 1. The van der Waals surface area contributed by atoms with Crippen LogP contribution in [0.1, 0.15) is 37.9 Å². The molecule has 0 aliphatic carbocycles. The van der Waals surface area contributed by atoms with Crippen LogP contribution in [0.5, 0.6) is 0 Å². The number of benzene rings is 1. The molecule has 17 heavy (non-hydrogen) atoms. The van der Waals surface area contributed by atoms with Gasteiger partial charge in [-0.1, -0.05) is 50.2 Å². The van der Waals surface area contributed by atoms with Crippen LogP contribution in [0, 0.1) is 0 Å². The van der Waals surface area contributed by atoms with Crippen molar-refractivity contribution < 1.29 is 4.52 Å². The lowest BCUT2D eigenvalue weighted by Gasteiger charge is -2.05. The summed E-state index contributed by atoms with van der Waals surface area (Å²) in [5.41, 5.74) is 10.1. The fourth-order valence-corrected chi connectivity index (χ4v) is 1.91. The number of aromatic nitrogens is 1. The molecule has 3 nitrogen and oxygen atoms in total. The molecule has 2 aromatic rings. The molecule has 0 spiro atoms. The second-order valence-corrected chi connectivity index (χ2v) is 4.51. The lowest BCUT2D eigenvalue weighted by Crippen LogP contribution is -1.93. The number of hydrogen-bond donors (Lipinski definition) is 1. The van der Waals surface area contributed by atoms with Crippen LogP contribution < -0.4 is 5.73 Å². The van der Waals surface area contributed by atoms with E-state index in [0.717, 1.165) is 23.2 Å². The van der Waals surface area contributed by atoms with Crippen LogP contribution in [-0.4, -0.2) is 5.16 Å². The van der Waals surface area contributed by atoms with Crippen molar-refractivity contribution in [2.24, 2.45) is 0 Å². The Morgan fingerprint density at radius 1 is 1.24 bits per heavy atom. The van der Waals surface area contributed by atoms with Gasteiger partial charge in [-0.2, -0.15) is 0 Å². The molecule has 0 saturated carbocycles. The van der Waals surface area contributed by atoms with E-state index in [1.54, 1.807) is 0 Å². The Kier molecular flexibility index (Phi) is 3.18. The molecule has 90 valence electrons. The Labute approximate surface area is 102 Å². The van der Waals surface area contributed by atoms with E-state index < -0.39 is 0 Å². The summed E-state index contributed by atoms with van der Waals surface area (Å²) in [7, 11) is 0. The van der Waals surface area contributed by atoms with E-state index in [0.29, 0.717) is 11.8 Å². The highest BCUT2D eigenvalue weighted by atomic mass is 16.5. The van der Waals surface area contributed by atoms with Gasteiger partial charge in [-0.3, -0.25) is 0 Å². The molecule has 0 fully saturated rings. The maximum atomic E-state index is 5.85. The van der Waals surface area contributed by atoms with E-state index in [4.69, 9.17) is 10.3 Å². The first-order chi connectivity index (χ1) is 8.13. The van der Waals surface area contributed by atoms with Crippen molar-refractivity contribution in [2.75, 3.05) is 5.73 Å². The van der Waals surface area contributed by atoms with Gasteiger partial charge in [-0.25, -0.2) is 0 Å². The van der Waals surface area contributed by atoms with Crippen LogP contribution in [0.15, 0.2) is 28.8 Å². The summed E-state index contributed by atoms with van der Waals surface area (Å²) in [5, 5.41) is 4.03. The fraction of sp³-hybridized carbons (Fsp3) is 0.357. The van der Waals surface area contributed by atoms with E-state index in [1.807, 2.05) is 0 Å². The quantitative estimate of drug-likeness (QED) is 0.876. The summed E-state index contributed by atoms with van der Waals surface area (Å²) in [5.74, 6) is 0.704. The fourth-order valence-electron chi connectivity index (χ4n) is 1.91. The Hall–Kier alpha value is -1.77. The number of nitrogens with two attached hydrogens (primary N) is 1. The maximum Gasteiger partial charge on any atom is 0.230 e. The first-order valence-corrected chi connectivity index (χ1v) is 5.97. The molecule has 3 heteroatoms. The Morgan fingerprint density at radius 3 is 2.41 bits per heavy atom. The van der Waals surface area contributed by atoms with Gasteiger partial charge in [0.1, 0.15) is 0 Å². The third-order valence-corrected chi connectivity index (χ3v) is 2.94. The average molecular weight is 230 g/mol. The predicted molar refractivity (Wildman–Crippen MR) is 69.8 cm³/mol. The molecule has 0 unspecified atom stereocenters. The summed E-state index contributed by atoms with van der Waals surface area (Å²) in [6.07, 6.45) is 1.04. The zero-order valence-electron chi connectivity index (χ0n) is 10.5. The van der Waals surface area contributed by atoms with Gasteiger partial charge in [0.2, 0.25) is 5.88 Å². The lowest BCUT2D eigenvalue weighted by atomic mass is 9.98. The van der Waals surface area contributed by atoms with Crippen LogP contribution in [0.3, 0.4) is 0 Å². The molecule has 1 aromatic carbocycles. The lowest BCUT2D eigenvalue weighted by molar-refractivity contribution is 0.424. The minimum atomic E-state index is 0.303. The van der Waals surface area contributed by atoms with E-state index in [-0.39, 0.29) is 0 Å². The highest BCUT2D eigenvalue weighted by Crippen LogP contribution is 2.33. The predicted octanol–water partition coefficient (Wildman–Crippen LogP) is 3.61. The van der Waals surface area contributed by atoms with E-state index in [2.05, 4.69) is 50.2 Å². The third kappa shape index (κ3) is 2.18. The smallest absolute Gasteiger partial charge is 0.230 e. The van der Waals surface area contributed by atoms with Crippen molar-refractivity contribution >= 4 is 5.88 Å². The second kappa shape index (κ2) is 4.62. The van der Waals surface area contributed by atoms with Gasteiger partial charge >= 0.3 is 0 Å². The molecule has 2 rings (SSSR count). The SMILES string of the molecule is CCc1ccc(-c2c(C(C)C)noc2N)cc1. The van der Waals surface area contributed by atoms with Gasteiger partial charge in [-0.15, -0.1) is 0 Å². The molecule has 2 N–H and O–H groups in total. The second-order valence-electron chi connectivity index (χ2n) is 4.51. The molecule has 0 aliphatic rings. The van der Waals surface area contributed by atoms with E-state index in [9.17, 15) is 0 Å². The van der Waals surface area contributed by atoms with Crippen LogP contribution in [0.4, 0.5) is 5.88 Å². The number of nitrogen functional groups attached to an aromatic ring is 1. The van der Waals surface area contributed by atoms with Crippen molar-refractivity contribution in [1.82, 2.24) is 5.16 Å². The van der Waals surface area contributed by atoms with Crippen LogP contribution >= 0.6 is 0 Å². The zero-order valence-corrected chi connectivity index (χ0v) is 10.5. The summed E-state index contributed by atoms with van der Waals surface area (Å²) in [6.45, 7) is 6.31. The molecular formula is C14H18N2O. The average Bonchev–Trinajstić information content (AvgIpc) is 2.71. The van der Waals surface area contributed by atoms with E-state index >= 15 is 0 Å². The number of anilines is 1. The van der Waals surface area contributed by atoms with Gasteiger partial charge in [0.15, 0.2) is 0 Å². The molecule has 0 bridgehead atoms. The maximum absolute atomic E-state index is 5.85. The molecule has 1 heterocycles. The standard InChI is InChI=1S/C14H18N2O/c1-4-10-5-7-11(8-6-10)12-13(9(2)3)16-17-14(12)15/h5-9H,4,15H2,1-3H3. The molecule has 0 radical (unpaired) electrons. The van der Waals surface area contributed by atoms with Crippen molar-refractivity contribution in [3.05, 3.63) is 35.5 Å². The summed E-state index contributed by atoms with van der Waals surface area (Å²) in [6, 6.07) is 8.39. The zero-order chi connectivity index (χ0) is 12.4. The molecule has 0 saturated heterocycles. The monoisotopic (exact) mass is 230 g/mol. The highest BCUT2D eigenvalue weighted by Gasteiger charge is 2.17. The van der Waals surface area contributed by atoms with Crippen molar-refractivity contribution in [1.29, 1.82) is 0 Å². The van der Waals surface area contributed by atoms with Crippen LogP contribution in [-0.2, 0) is 6.42 Å². The summed E-state index contributed by atoms with van der Waals surface area (Å²) < 4.78 is 5.10. The minimum Gasteiger partial charge on any atom is -0.367 e. The van der Waals surface area contributed by atoms with Crippen molar-refractivity contribution in [3.63, 3.8) is 0 Å². The van der Waals surface area contributed by atoms with Crippen molar-refractivity contribution in [2.45, 2.75) is 33.1 Å². The normalized spacial score (nSPS) is 11.1. The van der Waals surface area contributed by atoms with Gasteiger partial charge in [0.25, 0.3) is 0 Å². The molecule has 0 atom stereocenters. The molecule has 1 aromatic heterocycles. The number of rotatable bonds is 3. The summed E-state index contributed by atoms with van der Waals surface area (Å²) in [4.78, 5) is 0. The molecule has 0 amide bonds. The van der Waals surface area contributed by atoms with Crippen LogP contribution in [0.25, 0.3) is 11.1 Å². The Balaban J connectivity index is 2.48. The van der Waals surface area contributed by atoms with Gasteiger partial charge in [0.05, 0.1) is 11.3 Å². The van der Waals surface area contributed by atoms with Gasteiger partial charge in [0, 0.05) is 0 Å². The Bertz CT molecular complexity index is 497. The third-order valence-electron chi connectivity index (χ3n) is 2.94. The topological polar surface area (TPSA) is 52.0 Å². The molecule has 0 aliphatic heterocycles. The largest absolute Gasteiger partial charge is 0.367 e. The minimum absolute atomic E-state index is 0.303. The number of aryl methyl sites for hydroxylation is 1. The molecular weight excluding hydrogens is 212 g/mol.